The molecule has 0 amide bonds. The lowest BCUT2D eigenvalue weighted by molar-refractivity contribution is 0.218. The number of nitrogens with one attached hydrogen (secondary N) is 1. The molecule has 0 aliphatic heterocycles. The molecule has 2 aromatic heterocycles. The number of ether oxygens (including phenoxy) is 1. The van der Waals surface area contributed by atoms with Gasteiger partial charge in [-0.25, -0.2) is 0 Å². The maximum Gasteiger partial charge on any atom is 0.196 e. The summed E-state index contributed by atoms with van der Waals surface area (Å²) in [6.45, 7) is 2.77. The Morgan fingerprint density at radius 3 is 2.85 bits per heavy atom. The lowest BCUT2D eigenvalue weighted by Gasteiger charge is -2.10. The number of hydrogen-bond acceptors (Lipinski definition) is 4. The van der Waals surface area contributed by atoms with Gasteiger partial charge in [0.1, 0.15) is 0 Å². The first kappa shape index (κ1) is 16.9. The number of aryl methyl sites for hydroxylation is 1. The SMILES string of the molecule is COCCSc1nnc(-c2c[nH]c3ccccc23)n1-c1cccc(C)c1. The van der Waals surface area contributed by atoms with Gasteiger partial charge in [-0.05, 0) is 30.7 Å². The molecule has 2 heterocycles. The van der Waals surface area contributed by atoms with Gasteiger partial charge in [0.05, 0.1) is 6.61 Å². The zero-order valence-corrected chi connectivity index (χ0v) is 15.6. The summed E-state index contributed by atoms with van der Waals surface area (Å²) in [7, 11) is 1.71. The minimum atomic E-state index is 0.674. The van der Waals surface area contributed by atoms with E-state index in [2.05, 4.69) is 63.1 Å². The summed E-state index contributed by atoms with van der Waals surface area (Å²) in [5, 5.41) is 11.0. The van der Waals surface area contributed by atoms with Crippen LogP contribution in [0.1, 0.15) is 5.56 Å². The number of aromatic amines is 1. The van der Waals surface area contributed by atoms with Gasteiger partial charge >= 0.3 is 0 Å². The number of aromatic nitrogens is 4. The molecule has 0 saturated carbocycles. The molecule has 26 heavy (non-hydrogen) atoms. The summed E-state index contributed by atoms with van der Waals surface area (Å²) >= 11 is 1.65. The van der Waals surface area contributed by atoms with E-state index in [4.69, 9.17) is 4.74 Å². The van der Waals surface area contributed by atoms with Crippen LogP contribution in [0.15, 0.2) is 59.9 Å². The van der Waals surface area contributed by atoms with Crippen LogP contribution in [0.3, 0.4) is 0 Å². The predicted molar refractivity (Wildman–Crippen MR) is 106 cm³/mol. The summed E-state index contributed by atoms with van der Waals surface area (Å²) in [6.07, 6.45) is 2.00. The van der Waals surface area contributed by atoms with Crippen molar-refractivity contribution >= 4 is 22.7 Å². The van der Waals surface area contributed by atoms with E-state index in [1.807, 2.05) is 18.3 Å². The van der Waals surface area contributed by atoms with Gasteiger partial charge < -0.3 is 9.72 Å². The van der Waals surface area contributed by atoms with Gasteiger partial charge in [0, 0.05) is 41.2 Å². The molecule has 6 heteroatoms. The average Bonchev–Trinajstić information content (AvgIpc) is 3.25. The number of rotatable bonds is 6. The van der Waals surface area contributed by atoms with Crippen LogP contribution >= 0.6 is 11.8 Å². The number of benzene rings is 2. The summed E-state index contributed by atoms with van der Waals surface area (Å²) < 4.78 is 7.31. The van der Waals surface area contributed by atoms with Crippen LogP contribution in [0.2, 0.25) is 0 Å². The zero-order chi connectivity index (χ0) is 17.9. The largest absolute Gasteiger partial charge is 0.384 e. The molecule has 4 aromatic rings. The van der Waals surface area contributed by atoms with Crippen molar-refractivity contribution in [2.75, 3.05) is 19.5 Å². The maximum absolute atomic E-state index is 5.18. The summed E-state index contributed by atoms with van der Waals surface area (Å²) in [6, 6.07) is 16.7. The van der Waals surface area contributed by atoms with Crippen LogP contribution in [-0.2, 0) is 4.74 Å². The molecule has 0 aliphatic carbocycles. The van der Waals surface area contributed by atoms with Crippen molar-refractivity contribution < 1.29 is 4.74 Å². The monoisotopic (exact) mass is 364 g/mol. The Bertz CT molecular complexity index is 1040. The van der Waals surface area contributed by atoms with E-state index in [1.165, 1.54) is 5.56 Å². The minimum Gasteiger partial charge on any atom is -0.384 e. The van der Waals surface area contributed by atoms with E-state index in [1.54, 1.807) is 18.9 Å². The molecular weight excluding hydrogens is 344 g/mol. The smallest absolute Gasteiger partial charge is 0.196 e. The van der Waals surface area contributed by atoms with Crippen molar-refractivity contribution in [3.05, 3.63) is 60.3 Å². The molecule has 4 rings (SSSR count). The van der Waals surface area contributed by atoms with Gasteiger partial charge in [0.25, 0.3) is 0 Å². The summed E-state index contributed by atoms with van der Waals surface area (Å²) in [4.78, 5) is 3.33. The molecule has 0 saturated heterocycles. The van der Waals surface area contributed by atoms with Crippen LogP contribution < -0.4 is 0 Å². The number of H-pyrrole nitrogens is 1. The molecule has 0 aliphatic rings. The molecule has 0 unspecified atom stereocenters. The second-order valence-electron chi connectivity index (χ2n) is 6.07. The number of nitrogens with zero attached hydrogens (tertiary/aromatic N) is 3. The third-order valence-corrected chi connectivity index (χ3v) is 5.14. The summed E-state index contributed by atoms with van der Waals surface area (Å²) in [5.41, 5.74) is 4.41. The van der Waals surface area contributed by atoms with Crippen LogP contribution in [0.5, 0.6) is 0 Å². The van der Waals surface area contributed by atoms with Crippen molar-refractivity contribution in [1.29, 1.82) is 0 Å². The van der Waals surface area contributed by atoms with Crippen molar-refractivity contribution in [2.45, 2.75) is 12.1 Å². The van der Waals surface area contributed by atoms with E-state index in [0.717, 1.165) is 38.9 Å². The molecule has 5 nitrogen and oxygen atoms in total. The normalized spacial score (nSPS) is 11.3. The first-order valence-corrected chi connectivity index (χ1v) is 9.47. The summed E-state index contributed by atoms with van der Waals surface area (Å²) in [5.74, 6) is 1.67. The average molecular weight is 364 g/mol. The number of methoxy groups -OCH3 is 1. The van der Waals surface area contributed by atoms with E-state index in [9.17, 15) is 0 Å². The molecule has 2 aromatic carbocycles. The second kappa shape index (κ2) is 7.35. The maximum atomic E-state index is 5.18. The van der Waals surface area contributed by atoms with Crippen LogP contribution in [0.4, 0.5) is 0 Å². The Hall–Kier alpha value is -2.57. The first-order valence-electron chi connectivity index (χ1n) is 8.48. The topological polar surface area (TPSA) is 55.7 Å². The van der Waals surface area contributed by atoms with Gasteiger partial charge in [-0.15, -0.1) is 10.2 Å². The number of thioether (sulfide) groups is 1. The highest BCUT2D eigenvalue weighted by Gasteiger charge is 2.18. The molecule has 132 valence electrons. The molecular formula is C20H20N4OS. The van der Waals surface area contributed by atoms with Crippen molar-refractivity contribution in [3.8, 4) is 17.1 Å². The Labute approximate surface area is 156 Å². The van der Waals surface area contributed by atoms with Gasteiger partial charge in [-0.3, -0.25) is 4.57 Å². The molecule has 0 spiro atoms. The quantitative estimate of drug-likeness (QED) is 0.405. The van der Waals surface area contributed by atoms with E-state index in [0.29, 0.717) is 6.61 Å². The Morgan fingerprint density at radius 2 is 2.00 bits per heavy atom. The number of para-hydroxylation sites is 1. The van der Waals surface area contributed by atoms with Crippen LogP contribution in [0.25, 0.3) is 28.0 Å². The Morgan fingerprint density at radius 1 is 1.12 bits per heavy atom. The molecule has 0 radical (unpaired) electrons. The van der Waals surface area contributed by atoms with Gasteiger partial charge in [-0.2, -0.15) is 0 Å². The van der Waals surface area contributed by atoms with Crippen LogP contribution in [0, 0.1) is 6.92 Å². The first-order chi connectivity index (χ1) is 12.8. The highest BCUT2D eigenvalue weighted by atomic mass is 32.2. The standard InChI is InChI=1S/C20H20N4OS/c1-14-6-5-7-15(12-14)24-19(22-23-20(24)26-11-10-25-2)17-13-21-18-9-4-3-8-16(17)18/h3-9,12-13,21H,10-11H2,1-2H3. The molecule has 0 fully saturated rings. The van der Waals surface area contributed by atoms with E-state index >= 15 is 0 Å². The van der Waals surface area contributed by atoms with E-state index < -0.39 is 0 Å². The van der Waals surface area contributed by atoms with E-state index in [-0.39, 0.29) is 0 Å². The number of hydrogen-bond donors (Lipinski definition) is 1. The van der Waals surface area contributed by atoms with Crippen molar-refractivity contribution in [1.82, 2.24) is 19.7 Å². The predicted octanol–water partition coefficient (Wildman–Crippen LogP) is 4.46. The van der Waals surface area contributed by atoms with Gasteiger partial charge in [0.15, 0.2) is 11.0 Å². The van der Waals surface area contributed by atoms with Crippen molar-refractivity contribution in [3.63, 3.8) is 0 Å². The van der Waals surface area contributed by atoms with Gasteiger partial charge in [-0.1, -0.05) is 42.1 Å². The zero-order valence-electron chi connectivity index (χ0n) is 14.8. The fourth-order valence-corrected chi connectivity index (χ4v) is 3.86. The third kappa shape index (κ3) is 3.13. The van der Waals surface area contributed by atoms with Crippen LogP contribution in [-0.4, -0.2) is 39.2 Å². The lowest BCUT2D eigenvalue weighted by Crippen LogP contribution is -2.01. The fourth-order valence-electron chi connectivity index (χ4n) is 3.01. The highest BCUT2D eigenvalue weighted by Crippen LogP contribution is 2.32. The minimum absolute atomic E-state index is 0.674. The Balaban J connectivity index is 1.87. The Kier molecular flexibility index (Phi) is 4.77. The van der Waals surface area contributed by atoms with Gasteiger partial charge in [0.2, 0.25) is 0 Å². The second-order valence-corrected chi connectivity index (χ2v) is 7.13. The third-order valence-electron chi connectivity index (χ3n) is 4.24. The fraction of sp³-hybridized carbons (Fsp3) is 0.200. The number of fused-ring (bicyclic) bond motifs is 1. The highest BCUT2D eigenvalue weighted by molar-refractivity contribution is 7.99. The molecule has 0 bridgehead atoms. The lowest BCUT2D eigenvalue weighted by atomic mass is 10.1. The molecule has 0 atom stereocenters. The molecule has 1 N–H and O–H groups in total. The van der Waals surface area contributed by atoms with Crippen molar-refractivity contribution in [2.24, 2.45) is 0 Å².